The zero-order chi connectivity index (χ0) is 23.5. The molecule has 2 N–H and O–H groups in total. The number of amides is 1. The predicted octanol–water partition coefficient (Wildman–Crippen LogP) is 5.46. The summed E-state index contributed by atoms with van der Waals surface area (Å²) in [5.41, 5.74) is 3.05. The van der Waals surface area contributed by atoms with Gasteiger partial charge in [-0.2, -0.15) is 4.98 Å². The van der Waals surface area contributed by atoms with E-state index >= 15 is 0 Å². The van der Waals surface area contributed by atoms with E-state index in [1.807, 2.05) is 14.1 Å². The molecule has 0 aliphatic heterocycles. The highest BCUT2D eigenvalue weighted by atomic mass is 35.5. The van der Waals surface area contributed by atoms with Gasteiger partial charge >= 0.3 is 0 Å². The predicted molar refractivity (Wildman–Crippen MR) is 136 cm³/mol. The van der Waals surface area contributed by atoms with Crippen LogP contribution in [0.3, 0.4) is 0 Å². The lowest BCUT2D eigenvalue weighted by Crippen LogP contribution is -2.41. The maximum absolute atomic E-state index is 12.6. The van der Waals surface area contributed by atoms with Gasteiger partial charge < -0.3 is 15.5 Å². The summed E-state index contributed by atoms with van der Waals surface area (Å²) in [4.78, 5) is 24.3. The zero-order valence-electron chi connectivity index (χ0n) is 19.1. The molecule has 1 aromatic carbocycles. The number of rotatable bonds is 6. The van der Waals surface area contributed by atoms with Crippen molar-refractivity contribution < 1.29 is 4.79 Å². The molecule has 0 radical (unpaired) electrons. The maximum Gasteiger partial charge on any atom is 0.225 e. The highest BCUT2D eigenvalue weighted by Gasteiger charge is 2.25. The molecular weight excluding hydrogens is 481 g/mol. The summed E-state index contributed by atoms with van der Waals surface area (Å²) < 4.78 is 0. The molecule has 4 rings (SSSR count). The van der Waals surface area contributed by atoms with Crippen molar-refractivity contribution in [3.05, 3.63) is 44.0 Å². The van der Waals surface area contributed by atoms with Crippen LogP contribution in [0.4, 0.5) is 11.8 Å². The van der Waals surface area contributed by atoms with Gasteiger partial charge in [-0.25, -0.2) is 4.98 Å². The Morgan fingerprint density at radius 3 is 2.39 bits per heavy atom. The number of anilines is 2. The van der Waals surface area contributed by atoms with Crippen molar-refractivity contribution >= 4 is 52.5 Å². The quantitative estimate of drug-likeness (QED) is 0.505. The molecule has 2 aliphatic carbocycles. The van der Waals surface area contributed by atoms with Gasteiger partial charge in [0.15, 0.2) is 0 Å². The van der Waals surface area contributed by atoms with Gasteiger partial charge in [-0.3, -0.25) is 4.79 Å². The van der Waals surface area contributed by atoms with Gasteiger partial charge in [-0.1, -0.05) is 34.8 Å². The van der Waals surface area contributed by atoms with Crippen LogP contribution < -0.4 is 15.5 Å². The number of hydrogen-bond acceptors (Lipinski definition) is 5. The third-order valence-corrected chi connectivity index (χ3v) is 7.68. The molecule has 178 valence electrons. The van der Waals surface area contributed by atoms with E-state index in [0.717, 1.165) is 50.3 Å². The molecule has 0 unspecified atom stereocenters. The van der Waals surface area contributed by atoms with Gasteiger partial charge in [0, 0.05) is 42.3 Å². The lowest BCUT2D eigenvalue weighted by molar-refractivity contribution is -0.121. The number of fused-ring (bicyclic) bond motifs is 1. The van der Waals surface area contributed by atoms with Crippen LogP contribution in [0.5, 0.6) is 0 Å². The number of nitrogens with one attached hydrogen (secondary N) is 2. The number of nitrogens with zero attached hydrogens (tertiary/aromatic N) is 3. The number of hydrogen-bond donors (Lipinski definition) is 2. The van der Waals surface area contributed by atoms with Crippen LogP contribution in [0.25, 0.3) is 0 Å². The van der Waals surface area contributed by atoms with Crippen molar-refractivity contribution in [1.82, 2.24) is 15.3 Å². The van der Waals surface area contributed by atoms with Gasteiger partial charge in [0.05, 0.1) is 22.2 Å². The van der Waals surface area contributed by atoms with Crippen LogP contribution in [0, 0.1) is 0 Å². The molecule has 0 bridgehead atoms. The first kappa shape index (κ1) is 24.4. The smallest absolute Gasteiger partial charge is 0.225 e. The van der Waals surface area contributed by atoms with Gasteiger partial charge in [0.2, 0.25) is 11.9 Å². The summed E-state index contributed by atoms with van der Waals surface area (Å²) >= 11 is 18.5. The third-order valence-electron chi connectivity index (χ3n) is 6.49. The molecule has 1 heterocycles. The van der Waals surface area contributed by atoms with E-state index < -0.39 is 0 Å². The molecule has 9 heteroatoms. The monoisotopic (exact) mass is 509 g/mol. The average molecular weight is 511 g/mol. The van der Waals surface area contributed by atoms with E-state index in [2.05, 4.69) is 15.5 Å². The van der Waals surface area contributed by atoms with Crippen LogP contribution >= 0.6 is 34.8 Å². The summed E-state index contributed by atoms with van der Waals surface area (Å²) in [5, 5.41) is 7.87. The Balaban J connectivity index is 1.32. The zero-order valence-corrected chi connectivity index (χ0v) is 21.3. The van der Waals surface area contributed by atoms with Crippen LogP contribution in [0.2, 0.25) is 15.1 Å². The van der Waals surface area contributed by atoms with E-state index in [1.54, 1.807) is 12.1 Å². The van der Waals surface area contributed by atoms with Crippen molar-refractivity contribution in [3.63, 3.8) is 0 Å². The summed E-state index contributed by atoms with van der Waals surface area (Å²) in [5.74, 6) is 1.66. The average Bonchev–Trinajstić information content (AvgIpc) is 2.80. The molecule has 0 atom stereocenters. The van der Waals surface area contributed by atoms with E-state index in [0.29, 0.717) is 26.7 Å². The van der Waals surface area contributed by atoms with Crippen molar-refractivity contribution in [1.29, 1.82) is 0 Å². The van der Waals surface area contributed by atoms with Crippen LogP contribution in [0.15, 0.2) is 12.1 Å². The first-order valence-electron chi connectivity index (χ1n) is 11.6. The first-order valence-corrected chi connectivity index (χ1v) is 12.7. The lowest BCUT2D eigenvalue weighted by Gasteiger charge is -2.30. The van der Waals surface area contributed by atoms with E-state index in [9.17, 15) is 4.79 Å². The lowest BCUT2D eigenvalue weighted by atomic mass is 9.91. The van der Waals surface area contributed by atoms with E-state index in [-0.39, 0.29) is 18.4 Å². The molecule has 2 aromatic rings. The molecule has 2 aliphatic rings. The number of aryl methyl sites for hydroxylation is 1. The minimum absolute atomic E-state index is 0.0916. The van der Waals surface area contributed by atoms with Crippen LogP contribution in [-0.4, -0.2) is 42.1 Å². The highest BCUT2D eigenvalue weighted by molar-refractivity contribution is 6.44. The van der Waals surface area contributed by atoms with Crippen LogP contribution in [0.1, 0.15) is 55.3 Å². The van der Waals surface area contributed by atoms with Gasteiger partial charge in [0.1, 0.15) is 5.82 Å². The molecule has 1 saturated carbocycles. The van der Waals surface area contributed by atoms with Gasteiger partial charge in [-0.05, 0) is 63.5 Å². The second kappa shape index (κ2) is 10.7. The Labute approximate surface area is 210 Å². The van der Waals surface area contributed by atoms with Crippen molar-refractivity contribution in [2.45, 2.75) is 69.9 Å². The topological polar surface area (TPSA) is 70.2 Å². The third kappa shape index (κ3) is 5.84. The first-order chi connectivity index (χ1) is 15.8. The van der Waals surface area contributed by atoms with Crippen molar-refractivity contribution in [3.8, 4) is 0 Å². The largest absolute Gasteiger partial charge is 0.362 e. The summed E-state index contributed by atoms with van der Waals surface area (Å²) in [6, 6.07) is 3.73. The van der Waals surface area contributed by atoms with Gasteiger partial charge in [-0.15, -0.1) is 0 Å². The molecule has 1 aromatic heterocycles. The van der Waals surface area contributed by atoms with Gasteiger partial charge in [0.25, 0.3) is 0 Å². The normalized spacial score (nSPS) is 20.2. The molecule has 0 spiro atoms. The number of aromatic nitrogens is 2. The number of benzene rings is 1. The minimum Gasteiger partial charge on any atom is -0.362 e. The molecule has 6 nitrogen and oxygen atoms in total. The number of halogens is 3. The summed E-state index contributed by atoms with van der Waals surface area (Å²) in [7, 11) is 4.08. The van der Waals surface area contributed by atoms with E-state index in [1.165, 1.54) is 24.1 Å². The maximum atomic E-state index is 12.6. The second-order valence-corrected chi connectivity index (χ2v) is 10.3. The Morgan fingerprint density at radius 1 is 1.00 bits per heavy atom. The number of carbonyl (C=O) groups is 1. The summed E-state index contributed by atoms with van der Waals surface area (Å²) in [6.07, 6.45) is 8.27. The highest BCUT2D eigenvalue weighted by Crippen LogP contribution is 2.32. The second-order valence-electron chi connectivity index (χ2n) is 9.16. The molecule has 1 fully saturated rings. The Bertz CT molecular complexity index is 1020. The molecule has 0 saturated heterocycles. The van der Waals surface area contributed by atoms with E-state index in [4.69, 9.17) is 44.8 Å². The fraction of sp³-hybridized carbons (Fsp3) is 0.542. The Kier molecular flexibility index (Phi) is 7.87. The fourth-order valence-corrected chi connectivity index (χ4v) is 5.43. The Hall–Kier alpha value is -1.76. The molecular formula is C24H30Cl3N5O. The van der Waals surface area contributed by atoms with Crippen molar-refractivity contribution in [2.75, 3.05) is 24.3 Å². The summed E-state index contributed by atoms with van der Waals surface area (Å²) in [6.45, 7) is 0. The fourth-order valence-electron chi connectivity index (χ4n) is 4.74. The van der Waals surface area contributed by atoms with Crippen LogP contribution in [-0.2, 0) is 24.1 Å². The molecule has 1 amide bonds. The number of carbonyl (C=O) groups excluding carboxylic acids is 1. The Morgan fingerprint density at radius 2 is 1.67 bits per heavy atom. The standard InChI is InChI=1S/C24H30Cl3N5O/c1-32(2)23-16-5-3-4-6-20(16)30-24(31-23)29-15-9-7-14(8-10-15)28-21(33)13-17-18(25)11-12-19(26)22(17)27/h11-12,14-15H,3-10,13H2,1-2H3,(H,28,33)(H,29,30,31)/t14-,15+. The molecule has 33 heavy (non-hydrogen) atoms. The SMILES string of the molecule is CN(C)c1nc(N[C@H]2CC[C@@H](NC(=O)Cc3c(Cl)ccc(Cl)c3Cl)CC2)nc2c1CCCC2. The van der Waals surface area contributed by atoms with Crippen molar-refractivity contribution in [2.24, 2.45) is 0 Å². The minimum atomic E-state index is -0.0916.